The van der Waals surface area contributed by atoms with E-state index in [2.05, 4.69) is 15.6 Å². The fourth-order valence-corrected chi connectivity index (χ4v) is 4.53. The number of anilines is 1. The van der Waals surface area contributed by atoms with Crippen LogP contribution in [-0.4, -0.2) is 47.0 Å². The van der Waals surface area contributed by atoms with Crippen molar-refractivity contribution in [2.45, 2.75) is 50.0 Å². The molecule has 4 rings (SSSR count). The summed E-state index contributed by atoms with van der Waals surface area (Å²) in [5.41, 5.74) is 2.64. The molecule has 2 aliphatic rings. The van der Waals surface area contributed by atoms with Crippen molar-refractivity contribution < 1.29 is 22.8 Å². The van der Waals surface area contributed by atoms with Gasteiger partial charge in [0, 0.05) is 24.5 Å². The van der Waals surface area contributed by atoms with Crippen molar-refractivity contribution in [1.29, 1.82) is 0 Å². The Morgan fingerprint density at radius 3 is 2.58 bits per heavy atom. The molecular weight excluding hydrogens is 480 g/mol. The van der Waals surface area contributed by atoms with Crippen LogP contribution in [0.1, 0.15) is 35.7 Å². The van der Waals surface area contributed by atoms with E-state index in [9.17, 15) is 22.8 Å². The number of aromatic nitrogens is 1. The molecule has 0 unspecified atom stereocenters. The Kier molecular flexibility index (Phi) is 7.43. The van der Waals surface area contributed by atoms with Gasteiger partial charge in [0.25, 0.3) is 0 Å². The number of amides is 2. The fraction of sp³-hybridized carbons (Fsp3) is 0.409. The van der Waals surface area contributed by atoms with Gasteiger partial charge in [0.05, 0.1) is 17.6 Å². The zero-order valence-electron chi connectivity index (χ0n) is 17.7. The molecule has 2 N–H and O–H groups in total. The SMILES string of the molecule is CN(C(=O)[C@H]1CCC(=O)N1)[C@@H](c1ccc(N[C@H]2Cc3ccc(Cl)cc3C2)cn1)C(F)(F)F.Cl. The number of pyridine rings is 1. The molecule has 1 fully saturated rings. The van der Waals surface area contributed by atoms with Crippen LogP contribution in [0.15, 0.2) is 36.5 Å². The number of alkyl halides is 3. The van der Waals surface area contributed by atoms with E-state index in [1.54, 1.807) is 0 Å². The zero-order valence-corrected chi connectivity index (χ0v) is 19.2. The Hall–Kier alpha value is -2.52. The van der Waals surface area contributed by atoms with Crippen LogP contribution in [0.2, 0.25) is 5.02 Å². The van der Waals surface area contributed by atoms with Crippen molar-refractivity contribution in [2.24, 2.45) is 0 Å². The van der Waals surface area contributed by atoms with Crippen molar-refractivity contribution in [3.63, 3.8) is 0 Å². The molecule has 6 nitrogen and oxygen atoms in total. The highest BCUT2D eigenvalue weighted by atomic mass is 35.5. The van der Waals surface area contributed by atoms with Gasteiger partial charge in [-0.05, 0) is 54.7 Å². The number of benzene rings is 1. The predicted octanol–water partition coefficient (Wildman–Crippen LogP) is 4.08. The minimum atomic E-state index is -4.72. The third-order valence-corrected chi connectivity index (χ3v) is 6.11. The summed E-state index contributed by atoms with van der Waals surface area (Å²) in [7, 11) is 1.08. The summed E-state index contributed by atoms with van der Waals surface area (Å²) < 4.78 is 41.5. The molecule has 1 aromatic heterocycles. The number of carbonyl (C=O) groups excluding carboxylic acids is 2. The summed E-state index contributed by atoms with van der Waals surface area (Å²) in [5, 5.41) is 6.39. The number of hydrogen-bond donors (Lipinski definition) is 2. The van der Waals surface area contributed by atoms with E-state index in [4.69, 9.17) is 11.6 Å². The van der Waals surface area contributed by atoms with Crippen LogP contribution in [0.5, 0.6) is 0 Å². The molecule has 1 aliphatic carbocycles. The third kappa shape index (κ3) is 5.52. The normalized spacial score (nSPS) is 20.5. The van der Waals surface area contributed by atoms with Gasteiger partial charge in [-0.2, -0.15) is 13.2 Å². The minimum Gasteiger partial charge on any atom is -0.380 e. The van der Waals surface area contributed by atoms with Gasteiger partial charge < -0.3 is 15.5 Å². The number of halogens is 5. The number of nitrogens with one attached hydrogen (secondary N) is 2. The Morgan fingerprint density at radius 2 is 1.97 bits per heavy atom. The molecule has 2 heterocycles. The maximum atomic E-state index is 13.8. The Balaban J connectivity index is 0.00000306. The lowest BCUT2D eigenvalue weighted by Crippen LogP contribution is -2.47. The van der Waals surface area contributed by atoms with Gasteiger partial charge >= 0.3 is 6.18 Å². The monoisotopic (exact) mass is 502 g/mol. The second-order valence-electron chi connectivity index (χ2n) is 8.19. The first-order valence-corrected chi connectivity index (χ1v) is 10.6. The maximum Gasteiger partial charge on any atom is 0.414 e. The van der Waals surface area contributed by atoms with E-state index in [1.807, 2.05) is 18.2 Å². The highest BCUT2D eigenvalue weighted by molar-refractivity contribution is 6.30. The standard InChI is InChI=1S/C22H22ClF3N4O2.ClH/c1-30(21(32)18-6-7-19(31)29-18)20(22(24,25)26)17-5-4-15(11-27-17)28-16-9-12-2-3-14(23)8-13(12)10-16;/h2-5,8,11,16,18,20,28H,6-7,9-10H2,1H3,(H,29,31);1H/t16-,18+,20-;/m0./s1. The molecule has 2 amide bonds. The summed E-state index contributed by atoms with van der Waals surface area (Å²) in [5.74, 6) is -1.13. The second kappa shape index (κ2) is 9.77. The topological polar surface area (TPSA) is 74.3 Å². The number of nitrogens with zero attached hydrogens (tertiary/aromatic N) is 2. The quantitative estimate of drug-likeness (QED) is 0.645. The van der Waals surface area contributed by atoms with Crippen molar-refractivity contribution in [1.82, 2.24) is 15.2 Å². The number of likely N-dealkylation sites (N-methyl/N-ethyl adjacent to an activating group) is 1. The smallest absolute Gasteiger partial charge is 0.380 e. The lowest BCUT2D eigenvalue weighted by Gasteiger charge is -2.31. The van der Waals surface area contributed by atoms with Gasteiger partial charge in [-0.1, -0.05) is 17.7 Å². The molecule has 3 atom stereocenters. The van der Waals surface area contributed by atoms with Gasteiger partial charge in [0.2, 0.25) is 11.8 Å². The maximum absolute atomic E-state index is 13.8. The van der Waals surface area contributed by atoms with E-state index in [-0.39, 0.29) is 42.9 Å². The summed E-state index contributed by atoms with van der Waals surface area (Å²) >= 11 is 6.04. The number of carbonyl (C=O) groups is 2. The van der Waals surface area contributed by atoms with Crippen LogP contribution in [0, 0.1) is 0 Å². The fourth-order valence-electron chi connectivity index (χ4n) is 4.33. The average Bonchev–Trinajstić information content (AvgIpc) is 3.33. The van der Waals surface area contributed by atoms with Gasteiger partial charge in [-0.3, -0.25) is 14.6 Å². The highest BCUT2D eigenvalue weighted by Gasteiger charge is 2.47. The molecular formula is C22H23Cl2F3N4O2. The average molecular weight is 503 g/mol. The van der Waals surface area contributed by atoms with Crippen LogP contribution in [0.4, 0.5) is 18.9 Å². The van der Waals surface area contributed by atoms with Crippen molar-refractivity contribution in [3.8, 4) is 0 Å². The van der Waals surface area contributed by atoms with Crippen LogP contribution in [-0.2, 0) is 22.4 Å². The number of rotatable bonds is 5. The Bertz CT molecular complexity index is 1030. The molecule has 0 radical (unpaired) electrons. The van der Waals surface area contributed by atoms with E-state index in [1.165, 1.54) is 23.9 Å². The number of hydrogen-bond acceptors (Lipinski definition) is 4. The van der Waals surface area contributed by atoms with Crippen molar-refractivity contribution in [3.05, 3.63) is 58.4 Å². The van der Waals surface area contributed by atoms with Crippen molar-refractivity contribution >= 4 is 41.5 Å². The summed E-state index contributed by atoms with van der Waals surface area (Å²) in [6.45, 7) is 0. The molecule has 0 bridgehead atoms. The first-order chi connectivity index (χ1) is 15.1. The van der Waals surface area contributed by atoms with Gasteiger partial charge in [-0.25, -0.2) is 0 Å². The van der Waals surface area contributed by atoms with E-state index < -0.39 is 24.2 Å². The van der Waals surface area contributed by atoms with E-state index >= 15 is 0 Å². The Morgan fingerprint density at radius 1 is 1.24 bits per heavy atom. The first kappa shape index (κ1) is 25.1. The van der Waals surface area contributed by atoms with E-state index in [0.717, 1.165) is 25.5 Å². The summed E-state index contributed by atoms with van der Waals surface area (Å²) in [4.78, 5) is 28.5. The van der Waals surface area contributed by atoms with Crippen LogP contribution in [0.25, 0.3) is 0 Å². The first-order valence-electron chi connectivity index (χ1n) is 10.2. The number of fused-ring (bicyclic) bond motifs is 1. The third-order valence-electron chi connectivity index (χ3n) is 5.88. The molecule has 0 saturated carbocycles. The Labute approximate surface area is 200 Å². The molecule has 1 saturated heterocycles. The molecule has 1 aliphatic heterocycles. The molecule has 33 heavy (non-hydrogen) atoms. The van der Waals surface area contributed by atoms with Crippen LogP contribution in [0.3, 0.4) is 0 Å². The van der Waals surface area contributed by atoms with Crippen molar-refractivity contribution in [2.75, 3.05) is 12.4 Å². The van der Waals surface area contributed by atoms with E-state index in [0.29, 0.717) is 15.6 Å². The minimum absolute atomic E-state index is 0. The molecule has 2 aromatic rings. The largest absolute Gasteiger partial charge is 0.414 e. The lowest BCUT2D eigenvalue weighted by atomic mass is 10.1. The van der Waals surface area contributed by atoms with Crippen LogP contribution >= 0.6 is 24.0 Å². The molecule has 11 heteroatoms. The lowest BCUT2D eigenvalue weighted by molar-refractivity contribution is -0.190. The zero-order chi connectivity index (χ0) is 23.0. The second-order valence-corrected chi connectivity index (χ2v) is 8.62. The van der Waals surface area contributed by atoms with Gasteiger partial charge in [-0.15, -0.1) is 12.4 Å². The summed E-state index contributed by atoms with van der Waals surface area (Å²) in [6.07, 6.45) is -1.54. The predicted molar refractivity (Wildman–Crippen MR) is 120 cm³/mol. The van der Waals surface area contributed by atoms with Gasteiger partial charge in [0.15, 0.2) is 6.04 Å². The van der Waals surface area contributed by atoms with Crippen LogP contribution < -0.4 is 10.6 Å². The molecule has 1 aromatic carbocycles. The summed E-state index contributed by atoms with van der Waals surface area (Å²) in [6, 6.07) is 5.48. The molecule has 0 spiro atoms. The highest BCUT2D eigenvalue weighted by Crippen LogP contribution is 2.37. The molecule has 178 valence electrons. The van der Waals surface area contributed by atoms with Gasteiger partial charge in [0.1, 0.15) is 6.04 Å².